The zero-order valence-corrected chi connectivity index (χ0v) is 15.7. The van der Waals surface area contributed by atoms with E-state index < -0.39 is 9.84 Å². The smallest absolute Gasteiger partial charge is 0.220 e. The largest absolute Gasteiger partial charge is 0.395 e. The summed E-state index contributed by atoms with van der Waals surface area (Å²) in [5, 5.41) is 11.7. The third-order valence-electron chi connectivity index (χ3n) is 5.09. The summed E-state index contributed by atoms with van der Waals surface area (Å²) >= 11 is 0. The molecule has 0 radical (unpaired) electrons. The van der Waals surface area contributed by atoms with Crippen LogP contribution < -0.4 is 5.32 Å². The maximum Gasteiger partial charge on any atom is 0.220 e. The lowest BCUT2D eigenvalue weighted by Gasteiger charge is -2.27. The van der Waals surface area contributed by atoms with E-state index >= 15 is 0 Å². The van der Waals surface area contributed by atoms with Crippen LogP contribution in [0.5, 0.6) is 0 Å². The van der Waals surface area contributed by atoms with Crippen molar-refractivity contribution in [3.63, 3.8) is 0 Å². The van der Waals surface area contributed by atoms with Crippen molar-refractivity contribution in [2.45, 2.75) is 56.9 Å². The maximum absolute atomic E-state index is 12.1. The van der Waals surface area contributed by atoms with Crippen molar-refractivity contribution < 1.29 is 18.3 Å². The average Bonchev–Trinajstić information content (AvgIpc) is 2.61. The highest BCUT2D eigenvalue weighted by Crippen LogP contribution is 2.31. The number of rotatable bonds is 8. The Kier molecular flexibility index (Phi) is 7.44. The van der Waals surface area contributed by atoms with E-state index in [0.717, 1.165) is 5.56 Å². The van der Waals surface area contributed by atoms with E-state index in [1.165, 1.54) is 44.2 Å². The lowest BCUT2D eigenvalue weighted by atomic mass is 9.79. The molecule has 0 heterocycles. The molecular weight excluding hydrogens is 338 g/mol. The zero-order valence-electron chi connectivity index (χ0n) is 14.9. The molecule has 1 aromatic carbocycles. The van der Waals surface area contributed by atoms with Crippen LogP contribution in [-0.4, -0.2) is 31.8 Å². The molecule has 0 bridgehead atoms. The lowest BCUT2D eigenvalue weighted by molar-refractivity contribution is -0.122. The quantitative estimate of drug-likeness (QED) is 0.740. The zero-order chi connectivity index (χ0) is 18.3. The van der Waals surface area contributed by atoms with E-state index in [-0.39, 0.29) is 23.2 Å². The number of amides is 1. The Morgan fingerprint density at radius 3 is 2.44 bits per heavy atom. The fourth-order valence-electron chi connectivity index (χ4n) is 3.49. The monoisotopic (exact) mass is 367 g/mol. The summed E-state index contributed by atoms with van der Waals surface area (Å²) in [4.78, 5) is 12.3. The van der Waals surface area contributed by atoms with Gasteiger partial charge >= 0.3 is 0 Å². The summed E-state index contributed by atoms with van der Waals surface area (Å²) in [5.74, 6) is 0.846. The first kappa shape index (κ1) is 19.9. The van der Waals surface area contributed by atoms with Crippen molar-refractivity contribution in [2.24, 2.45) is 11.8 Å². The molecule has 0 saturated heterocycles. The molecule has 1 aliphatic carbocycles. The molecule has 2 N–H and O–H groups in total. The van der Waals surface area contributed by atoms with E-state index in [2.05, 4.69) is 12.2 Å². The Morgan fingerprint density at radius 2 is 1.84 bits per heavy atom. The molecule has 25 heavy (non-hydrogen) atoms. The van der Waals surface area contributed by atoms with Gasteiger partial charge in [0.05, 0.1) is 17.3 Å². The number of aliphatic hydroxyl groups excluding tert-OH is 1. The van der Waals surface area contributed by atoms with Gasteiger partial charge in [-0.1, -0.05) is 51.2 Å². The number of carbonyl (C=O) groups excluding carboxylic acids is 1. The molecule has 0 spiro atoms. The van der Waals surface area contributed by atoms with Gasteiger partial charge in [0.15, 0.2) is 9.84 Å². The van der Waals surface area contributed by atoms with E-state index in [0.29, 0.717) is 24.8 Å². The highest BCUT2D eigenvalue weighted by atomic mass is 32.2. The number of benzene rings is 1. The average molecular weight is 368 g/mol. The molecule has 1 aromatic rings. The van der Waals surface area contributed by atoms with Crippen LogP contribution in [0.15, 0.2) is 29.2 Å². The molecule has 140 valence electrons. The van der Waals surface area contributed by atoms with Crippen LogP contribution in [-0.2, 0) is 21.2 Å². The van der Waals surface area contributed by atoms with Crippen LogP contribution in [0.3, 0.4) is 0 Å². The second-order valence-corrected chi connectivity index (χ2v) is 9.15. The van der Waals surface area contributed by atoms with Crippen molar-refractivity contribution in [3.05, 3.63) is 29.8 Å². The molecule has 6 heteroatoms. The maximum atomic E-state index is 12.1. The van der Waals surface area contributed by atoms with Crippen LogP contribution in [0.4, 0.5) is 0 Å². The Morgan fingerprint density at radius 1 is 1.20 bits per heavy atom. The first-order valence-corrected chi connectivity index (χ1v) is 10.8. The minimum atomic E-state index is -3.42. The molecule has 2 rings (SSSR count). The van der Waals surface area contributed by atoms with Gasteiger partial charge in [0.2, 0.25) is 5.91 Å². The number of hydrogen-bond acceptors (Lipinski definition) is 4. The first-order valence-electron chi connectivity index (χ1n) is 9.11. The van der Waals surface area contributed by atoms with E-state index in [1.807, 2.05) is 0 Å². The van der Waals surface area contributed by atoms with Crippen LogP contribution in [0.2, 0.25) is 0 Å². The summed E-state index contributed by atoms with van der Waals surface area (Å²) in [6.45, 7) is 2.17. The minimum absolute atomic E-state index is 0.0510. The highest BCUT2D eigenvalue weighted by Gasteiger charge is 2.22. The number of sulfone groups is 1. The lowest BCUT2D eigenvalue weighted by Crippen LogP contribution is -2.27. The Bertz CT molecular complexity index is 649. The predicted molar refractivity (Wildman–Crippen MR) is 97.8 cm³/mol. The summed E-state index contributed by atoms with van der Waals surface area (Å²) in [6.07, 6.45) is 6.90. The number of aliphatic hydroxyl groups is 1. The van der Waals surface area contributed by atoms with Crippen molar-refractivity contribution in [3.8, 4) is 0 Å². The summed E-state index contributed by atoms with van der Waals surface area (Å²) in [5.41, 5.74) is 0.863. The van der Waals surface area contributed by atoms with Crippen LogP contribution in [0, 0.1) is 11.8 Å². The summed E-state index contributed by atoms with van der Waals surface area (Å²) in [6, 6.07) is 6.46. The molecule has 1 saturated carbocycles. The molecule has 0 aromatic heterocycles. The second-order valence-electron chi connectivity index (χ2n) is 7.04. The van der Waals surface area contributed by atoms with Crippen LogP contribution in [0.25, 0.3) is 0 Å². The molecule has 1 aliphatic rings. The molecule has 1 atom stereocenters. The van der Waals surface area contributed by atoms with Crippen molar-refractivity contribution in [2.75, 3.05) is 12.4 Å². The van der Waals surface area contributed by atoms with Gasteiger partial charge in [-0.05, 0) is 29.5 Å². The van der Waals surface area contributed by atoms with Gasteiger partial charge < -0.3 is 10.4 Å². The Balaban J connectivity index is 1.81. The molecule has 5 nitrogen and oxygen atoms in total. The van der Waals surface area contributed by atoms with Gasteiger partial charge in [-0.3, -0.25) is 4.79 Å². The van der Waals surface area contributed by atoms with E-state index in [4.69, 9.17) is 5.11 Å². The van der Waals surface area contributed by atoms with Gasteiger partial charge in [0.1, 0.15) is 0 Å². The molecular formula is C19H29NO4S. The number of nitrogens with one attached hydrogen (secondary N) is 1. The standard InChI is InChI=1S/C19H29NO4S/c1-15(17-5-3-2-4-6-17)13-19(22)20-14-16-7-9-18(10-8-16)25(23,24)12-11-21/h7-10,15,17,21H,2-6,11-14H2,1H3,(H,20,22)/t15-/m1/s1. The molecule has 1 amide bonds. The van der Waals surface area contributed by atoms with Gasteiger partial charge in [0, 0.05) is 13.0 Å². The SMILES string of the molecule is C[C@H](CC(=O)NCc1ccc(S(=O)(=O)CCO)cc1)C1CCCCC1. The third kappa shape index (κ3) is 6.12. The number of carbonyl (C=O) groups is 1. The topological polar surface area (TPSA) is 83.5 Å². The van der Waals surface area contributed by atoms with Gasteiger partial charge in [0.25, 0.3) is 0 Å². The van der Waals surface area contributed by atoms with E-state index in [1.54, 1.807) is 12.1 Å². The van der Waals surface area contributed by atoms with Gasteiger partial charge in [-0.25, -0.2) is 8.42 Å². The van der Waals surface area contributed by atoms with Crippen molar-refractivity contribution in [1.29, 1.82) is 0 Å². The molecule has 1 fully saturated rings. The summed E-state index contributed by atoms with van der Waals surface area (Å²) in [7, 11) is -3.42. The normalized spacial score (nSPS) is 17.2. The highest BCUT2D eigenvalue weighted by molar-refractivity contribution is 7.91. The molecule has 0 aliphatic heterocycles. The molecule has 0 unspecified atom stereocenters. The second kappa shape index (κ2) is 9.34. The predicted octanol–water partition coefficient (Wildman–Crippen LogP) is 2.68. The van der Waals surface area contributed by atoms with Crippen molar-refractivity contribution in [1.82, 2.24) is 5.32 Å². The van der Waals surface area contributed by atoms with Crippen molar-refractivity contribution >= 4 is 15.7 Å². The van der Waals surface area contributed by atoms with Crippen LogP contribution >= 0.6 is 0 Å². The van der Waals surface area contributed by atoms with Gasteiger partial charge in [-0.2, -0.15) is 0 Å². The van der Waals surface area contributed by atoms with Gasteiger partial charge in [-0.15, -0.1) is 0 Å². The van der Waals surface area contributed by atoms with E-state index in [9.17, 15) is 13.2 Å². The first-order chi connectivity index (χ1) is 11.9. The fourth-order valence-corrected chi connectivity index (χ4v) is 4.51. The Labute approximate surface area is 150 Å². The third-order valence-corrected chi connectivity index (χ3v) is 6.80. The minimum Gasteiger partial charge on any atom is -0.395 e. The fraction of sp³-hybridized carbons (Fsp3) is 0.632. The Hall–Kier alpha value is -1.40. The van der Waals surface area contributed by atoms with Crippen LogP contribution in [0.1, 0.15) is 51.0 Å². The summed E-state index contributed by atoms with van der Waals surface area (Å²) < 4.78 is 23.7. The number of hydrogen-bond donors (Lipinski definition) is 2.